The second kappa shape index (κ2) is 12.3. The summed E-state index contributed by atoms with van der Waals surface area (Å²) in [6.07, 6.45) is 2.14. The van der Waals surface area contributed by atoms with Crippen molar-refractivity contribution in [3.05, 3.63) is 63.7 Å². The van der Waals surface area contributed by atoms with Gasteiger partial charge in [0.15, 0.2) is 0 Å². The van der Waals surface area contributed by atoms with Gasteiger partial charge in [-0.25, -0.2) is 0 Å². The molecule has 1 saturated heterocycles. The summed E-state index contributed by atoms with van der Waals surface area (Å²) in [6, 6.07) is 10.8. The molecule has 35 heavy (non-hydrogen) atoms. The number of hydrogen-bond donors (Lipinski definition) is 2. The molecule has 0 bridgehead atoms. The summed E-state index contributed by atoms with van der Waals surface area (Å²) < 4.78 is 0. The second-order valence-corrected chi connectivity index (χ2v) is 8.94. The van der Waals surface area contributed by atoms with Gasteiger partial charge in [-0.2, -0.15) is 0 Å². The van der Waals surface area contributed by atoms with Crippen molar-refractivity contribution in [1.82, 2.24) is 10.2 Å². The first kappa shape index (κ1) is 26.2. The van der Waals surface area contributed by atoms with Crippen LogP contribution < -0.4 is 15.5 Å². The lowest BCUT2D eigenvalue weighted by Crippen LogP contribution is -2.37. The molecule has 0 atom stereocenters. The lowest BCUT2D eigenvalue weighted by atomic mass is 9.97. The van der Waals surface area contributed by atoms with E-state index in [0.717, 1.165) is 51.3 Å². The van der Waals surface area contributed by atoms with E-state index < -0.39 is 10.8 Å². The van der Waals surface area contributed by atoms with Crippen LogP contribution >= 0.6 is 0 Å². The van der Waals surface area contributed by atoms with Crippen LogP contribution in [0.2, 0.25) is 0 Å². The van der Waals surface area contributed by atoms with Crippen molar-refractivity contribution in [2.24, 2.45) is 5.92 Å². The molecule has 0 radical (unpaired) electrons. The maximum atomic E-state index is 13.2. The van der Waals surface area contributed by atoms with E-state index in [-0.39, 0.29) is 11.6 Å². The summed E-state index contributed by atoms with van der Waals surface area (Å²) in [5.41, 5.74) is 2.11. The number of nitrogens with zero attached hydrogens (tertiary/aromatic N) is 3. The fraction of sp³-hybridized carbons (Fsp3) is 0.462. The number of non-ortho nitro benzene ring substituents is 1. The second-order valence-electron chi connectivity index (χ2n) is 8.94. The van der Waals surface area contributed by atoms with Gasteiger partial charge in [0.2, 0.25) is 0 Å². The number of anilines is 2. The summed E-state index contributed by atoms with van der Waals surface area (Å²) in [5.74, 6) is 0.0994. The lowest BCUT2D eigenvalue weighted by molar-refractivity contribution is -0.384. The largest absolute Gasteiger partial charge is 0.371 e. The van der Waals surface area contributed by atoms with E-state index in [9.17, 15) is 19.7 Å². The van der Waals surface area contributed by atoms with Crippen LogP contribution in [0.1, 0.15) is 54.3 Å². The number of benzene rings is 2. The van der Waals surface area contributed by atoms with E-state index in [4.69, 9.17) is 0 Å². The number of likely N-dealkylation sites (N-methyl/N-ethyl adjacent to an activating group) is 1. The average Bonchev–Trinajstić information content (AvgIpc) is 2.87. The molecule has 0 unspecified atom stereocenters. The Hall–Kier alpha value is -3.46. The SMILES string of the molecule is CCN(CC)CCNC(=O)c1cc(NC(=O)c2ccc([N+](=O)[O-])cc2)ccc1N1CCC(C)CC1. The van der Waals surface area contributed by atoms with Gasteiger partial charge in [0.25, 0.3) is 17.5 Å². The van der Waals surface area contributed by atoms with Crippen LogP contribution in [0.15, 0.2) is 42.5 Å². The van der Waals surface area contributed by atoms with Crippen molar-refractivity contribution in [2.75, 3.05) is 49.5 Å². The van der Waals surface area contributed by atoms with Gasteiger partial charge in [0, 0.05) is 55.2 Å². The molecular formula is C26H35N5O4. The number of carbonyl (C=O) groups excluding carboxylic acids is 2. The predicted octanol–water partition coefficient (Wildman–Crippen LogP) is 4.16. The van der Waals surface area contributed by atoms with Gasteiger partial charge in [0.05, 0.1) is 10.5 Å². The van der Waals surface area contributed by atoms with Gasteiger partial charge in [-0.1, -0.05) is 20.8 Å². The normalized spacial score (nSPS) is 14.1. The number of hydrogen-bond acceptors (Lipinski definition) is 6. The van der Waals surface area contributed by atoms with E-state index in [1.807, 2.05) is 6.07 Å². The topological polar surface area (TPSA) is 108 Å². The maximum absolute atomic E-state index is 13.2. The van der Waals surface area contributed by atoms with Crippen LogP contribution in [0.25, 0.3) is 0 Å². The highest BCUT2D eigenvalue weighted by atomic mass is 16.6. The molecule has 1 aliphatic heterocycles. The third-order valence-electron chi connectivity index (χ3n) is 6.57. The van der Waals surface area contributed by atoms with Crippen molar-refractivity contribution < 1.29 is 14.5 Å². The number of piperidine rings is 1. The minimum Gasteiger partial charge on any atom is -0.371 e. The number of amides is 2. The molecule has 0 saturated carbocycles. The lowest BCUT2D eigenvalue weighted by Gasteiger charge is -2.33. The van der Waals surface area contributed by atoms with Crippen molar-refractivity contribution >= 4 is 28.9 Å². The molecule has 1 aliphatic rings. The van der Waals surface area contributed by atoms with Gasteiger partial charge in [0.1, 0.15) is 0 Å². The summed E-state index contributed by atoms with van der Waals surface area (Å²) >= 11 is 0. The first-order chi connectivity index (χ1) is 16.8. The number of carbonyl (C=O) groups is 2. The van der Waals surface area contributed by atoms with Crippen LogP contribution in [0.4, 0.5) is 17.1 Å². The van der Waals surface area contributed by atoms with Crippen molar-refractivity contribution in [1.29, 1.82) is 0 Å². The van der Waals surface area contributed by atoms with Gasteiger partial charge < -0.3 is 20.4 Å². The van der Waals surface area contributed by atoms with E-state index >= 15 is 0 Å². The molecule has 2 aromatic rings. The molecule has 2 N–H and O–H groups in total. The fourth-order valence-electron chi connectivity index (χ4n) is 4.22. The molecule has 2 aromatic carbocycles. The van der Waals surface area contributed by atoms with E-state index in [0.29, 0.717) is 29.3 Å². The molecule has 9 nitrogen and oxygen atoms in total. The highest BCUT2D eigenvalue weighted by Crippen LogP contribution is 2.29. The van der Waals surface area contributed by atoms with Crippen molar-refractivity contribution in [2.45, 2.75) is 33.6 Å². The smallest absolute Gasteiger partial charge is 0.269 e. The van der Waals surface area contributed by atoms with Crippen LogP contribution in [0.3, 0.4) is 0 Å². The van der Waals surface area contributed by atoms with Crippen molar-refractivity contribution in [3.63, 3.8) is 0 Å². The molecule has 0 aromatic heterocycles. The van der Waals surface area contributed by atoms with Crippen LogP contribution in [-0.4, -0.2) is 60.9 Å². The summed E-state index contributed by atoms with van der Waals surface area (Å²) in [7, 11) is 0. The van der Waals surface area contributed by atoms with Gasteiger partial charge in [-0.3, -0.25) is 19.7 Å². The zero-order chi connectivity index (χ0) is 25.4. The Morgan fingerprint density at radius 1 is 1.06 bits per heavy atom. The summed E-state index contributed by atoms with van der Waals surface area (Å²) in [5, 5.41) is 16.7. The van der Waals surface area contributed by atoms with Crippen LogP contribution in [0.5, 0.6) is 0 Å². The zero-order valence-electron chi connectivity index (χ0n) is 20.8. The Bertz CT molecular complexity index is 1030. The van der Waals surface area contributed by atoms with Crippen LogP contribution in [-0.2, 0) is 0 Å². The van der Waals surface area contributed by atoms with E-state index in [1.165, 1.54) is 24.3 Å². The number of nitro groups is 1. The molecule has 1 fully saturated rings. The van der Waals surface area contributed by atoms with Gasteiger partial charge in [-0.05, 0) is 62.2 Å². The highest BCUT2D eigenvalue weighted by Gasteiger charge is 2.22. The van der Waals surface area contributed by atoms with Gasteiger partial charge in [-0.15, -0.1) is 0 Å². The number of nitrogens with one attached hydrogen (secondary N) is 2. The average molecular weight is 482 g/mol. The monoisotopic (exact) mass is 481 g/mol. The van der Waals surface area contributed by atoms with Crippen LogP contribution in [0, 0.1) is 16.0 Å². The number of nitro benzene ring substituents is 1. The molecule has 188 valence electrons. The molecule has 9 heteroatoms. The molecule has 0 spiro atoms. The highest BCUT2D eigenvalue weighted by molar-refractivity contribution is 6.06. The fourth-order valence-corrected chi connectivity index (χ4v) is 4.22. The Morgan fingerprint density at radius 3 is 2.31 bits per heavy atom. The summed E-state index contributed by atoms with van der Waals surface area (Å²) in [6.45, 7) is 11.4. The zero-order valence-corrected chi connectivity index (χ0v) is 20.8. The van der Waals surface area contributed by atoms with Gasteiger partial charge >= 0.3 is 0 Å². The molecule has 1 heterocycles. The first-order valence-electron chi connectivity index (χ1n) is 12.3. The Kier molecular flexibility index (Phi) is 9.19. The molecule has 0 aliphatic carbocycles. The quantitative estimate of drug-likeness (QED) is 0.390. The minimum absolute atomic E-state index is 0.0783. The first-order valence-corrected chi connectivity index (χ1v) is 12.3. The predicted molar refractivity (Wildman–Crippen MR) is 138 cm³/mol. The summed E-state index contributed by atoms with van der Waals surface area (Å²) in [4.78, 5) is 40.8. The third-order valence-corrected chi connectivity index (χ3v) is 6.57. The standard InChI is InChI=1S/C26H35N5O4/c1-4-29(5-2)17-14-27-26(33)23-18-21(8-11-24(23)30-15-12-19(3)13-16-30)28-25(32)20-6-9-22(10-7-20)31(34)35/h6-11,18-19H,4-5,12-17H2,1-3H3,(H,27,33)(H,28,32). The minimum atomic E-state index is -0.507. The molecule has 3 rings (SSSR count). The number of rotatable bonds is 10. The van der Waals surface area contributed by atoms with E-state index in [2.05, 4.69) is 41.2 Å². The van der Waals surface area contributed by atoms with Crippen molar-refractivity contribution in [3.8, 4) is 0 Å². The Morgan fingerprint density at radius 2 is 1.71 bits per heavy atom. The Balaban J connectivity index is 1.79. The maximum Gasteiger partial charge on any atom is 0.269 e. The molecular weight excluding hydrogens is 446 g/mol. The van der Waals surface area contributed by atoms with E-state index in [1.54, 1.807) is 12.1 Å². The Labute approximate surface area is 206 Å². The third kappa shape index (κ3) is 7.02. The molecule has 2 amide bonds.